The van der Waals surface area contributed by atoms with E-state index in [-0.39, 0.29) is 17.5 Å². The molecule has 7 nitrogen and oxygen atoms in total. The van der Waals surface area contributed by atoms with Crippen LogP contribution in [0.4, 0.5) is 11.4 Å². The second-order valence-electron chi connectivity index (χ2n) is 5.53. The number of para-hydroxylation sites is 2. The molecule has 0 atom stereocenters. The minimum Gasteiger partial charge on any atom is -0.397 e. The molecule has 0 radical (unpaired) electrons. The number of nitrogens with two attached hydrogens (primary N) is 1. The van der Waals surface area contributed by atoms with E-state index in [9.17, 15) is 9.59 Å². The lowest BCUT2D eigenvalue weighted by Crippen LogP contribution is -2.31. The van der Waals surface area contributed by atoms with Gasteiger partial charge < -0.3 is 21.3 Å². The highest BCUT2D eigenvalue weighted by atomic mass is 16.2. The van der Waals surface area contributed by atoms with Gasteiger partial charge in [0.25, 0.3) is 11.8 Å². The van der Waals surface area contributed by atoms with Crippen LogP contribution >= 0.6 is 0 Å². The van der Waals surface area contributed by atoms with Gasteiger partial charge in [-0.3, -0.25) is 14.6 Å². The monoisotopic (exact) mass is 327 g/mol. The third kappa shape index (κ3) is 4.79. The van der Waals surface area contributed by atoms with Crippen LogP contribution in [0, 0.1) is 0 Å². The van der Waals surface area contributed by atoms with E-state index in [1.54, 1.807) is 30.3 Å². The van der Waals surface area contributed by atoms with Gasteiger partial charge in [-0.05, 0) is 38.4 Å². The Balaban J connectivity index is 1.97. The molecule has 24 heavy (non-hydrogen) atoms. The molecule has 4 N–H and O–H groups in total. The molecule has 0 saturated heterocycles. The molecular weight excluding hydrogens is 306 g/mol. The van der Waals surface area contributed by atoms with Crippen molar-refractivity contribution >= 4 is 23.2 Å². The molecule has 2 aromatic rings. The van der Waals surface area contributed by atoms with Gasteiger partial charge in [-0.1, -0.05) is 12.1 Å². The van der Waals surface area contributed by atoms with Crippen molar-refractivity contribution in [1.82, 2.24) is 15.2 Å². The topological polar surface area (TPSA) is 100 Å². The molecule has 1 aromatic carbocycles. The molecule has 0 spiro atoms. The molecule has 0 aliphatic carbocycles. The first kappa shape index (κ1) is 17.4. The zero-order valence-corrected chi connectivity index (χ0v) is 13.7. The average molecular weight is 327 g/mol. The predicted octanol–water partition coefficient (Wildman–Crippen LogP) is 1.21. The molecule has 7 heteroatoms. The van der Waals surface area contributed by atoms with Crippen molar-refractivity contribution in [3.63, 3.8) is 0 Å². The van der Waals surface area contributed by atoms with Crippen LogP contribution in [-0.4, -0.2) is 48.9 Å². The Labute approximate surface area is 140 Å². The number of nitrogens with zero attached hydrogens (tertiary/aromatic N) is 2. The van der Waals surface area contributed by atoms with E-state index < -0.39 is 0 Å². The lowest BCUT2D eigenvalue weighted by atomic mass is 10.2. The summed E-state index contributed by atoms with van der Waals surface area (Å²) in [5.74, 6) is -0.601. The number of benzene rings is 1. The van der Waals surface area contributed by atoms with E-state index in [4.69, 9.17) is 5.73 Å². The quantitative estimate of drug-likeness (QED) is 0.692. The average Bonchev–Trinajstić information content (AvgIpc) is 2.56. The van der Waals surface area contributed by atoms with Crippen LogP contribution in [0.3, 0.4) is 0 Å². The van der Waals surface area contributed by atoms with Crippen LogP contribution in [-0.2, 0) is 0 Å². The molecule has 1 heterocycles. The lowest BCUT2D eigenvalue weighted by Gasteiger charge is -2.10. The Hall–Kier alpha value is -2.93. The van der Waals surface area contributed by atoms with Gasteiger partial charge in [-0.15, -0.1) is 0 Å². The molecule has 2 amide bonds. The first-order valence-corrected chi connectivity index (χ1v) is 7.52. The van der Waals surface area contributed by atoms with E-state index in [0.29, 0.717) is 23.5 Å². The van der Waals surface area contributed by atoms with Gasteiger partial charge in [0, 0.05) is 19.3 Å². The molecule has 0 saturated carbocycles. The van der Waals surface area contributed by atoms with Gasteiger partial charge >= 0.3 is 0 Å². The molecular formula is C17H21N5O2. The van der Waals surface area contributed by atoms with Gasteiger partial charge in [-0.25, -0.2) is 0 Å². The van der Waals surface area contributed by atoms with Crippen molar-refractivity contribution in [3.8, 4) is 0 Å². The number of carbonyl (C=O) groups is 2. The summed E-state index contributed by atoms with van der Waals surface area (Å²) >= 11 is 0. The highest BCUT2D eigenvalue weighted by Crippen LogP contribution is 2.17. The van der Waals surface area contributed by atoms with Crippen molar-refractivity contribution in [2.45, 2.75) is 0 Å². The number of nitrogen functional groups attached to an aromatic ring is 1. The highest BCUT2D eigenvalue weighted by Gasteiger charge is 2.11. The minimum absolute atomic E-state index is 0.211. The number of rotatable bonds is 6. The summed E-state index contributed by atoms with van der Waals surface area (Å²) in [6, 6.07) is 10.0. The number of hydrogen-bond acceptors (Lipinski definition) is 5. The Morgan fingerprint density at radius 3 is 2.50 bits per heavy atom. The van der Waals surface area contributed by atoms with E-state index in [2.05, 4.69) is 15.6 Å². The summed E-state index contributed by atoms with van der Waals surface area (Å²) in [6.45, 7) is 1.29. The summed E-state index contributed by atoms with van der Waals surface area (Å²) in [7, 11) is 3.86. The van der Waals surface area contributed by atoms with Crippen molar-refractivity contribution in [2.24, 2.45) is 0 Å². The molecule has 2 rings (SSSR count). The largest absolute Gasteiger partial charge is 0.397 e. The molecule has 1 aromatic heterocycles. The van der Waals surface area contributed by atoms with Gasteiger partial charge in [0.2, 0.25) is 0 Å². The first-order valence-electron chi connectivity index (χ1n) is 7.52. The zero-order valence-electron chi connectivity index (χ0n) is 13.7. The normalized spacial score (nSPS) is 10.5. The van der Waals surface area contributed by atoms with Crippen LogP contribution in [0.15, 0.2) is 42.6 Å². The fraction of sp³-hybridized carbons (Fsp3) is 0.235. The van der Waals surface area contributed by atoms with Crippen LogP contribution in [0.25, 0.3) is 0 Å². The summed E-state index contributed by atoms with van der Waals surface area (Å²) in [5.41, 5.74) is 7.40. The highest BCUT2D eigenvalue weighted by molar-refractivity contribution is 6.04. The minimum atomic E-state index is -0.382. The van der Waals surface area contributed by atoms with E-state index in [1.165, 1.54) is 12.3 Å². The number of hydrogen-bond donors (Lipinski definition) is 3. The molecule has 0 aliphatic heterocycles. The first-order chi connectivity index (χ1) is 11.5. The van der Waals surface area contributed by atoms with E-state index >= 15 is 0 Å². The Kier molecular flexibility index (Phi) is 5.86. The molecule has 126 valence electrons. The third-order valence-electron chi connectivity index (χ3n) is 3.31. The molecule has 0 bridgehead atoms. The maximum Gasteiger partial charge on any atom is 0.274 e. The molecule has 0 unspecified atom stereocenters. The van der Waals surface area contributed by atoms with Gasteiger partial charge in [0.05, 0.1) is 16.9 Å². The maximum absolute atomic E-state index is 12.2. The summed E-state index contributed by atoms with van der Waals surface area (Å²) in [6.07, 6.45) is 1.38. The number of nitrogens with one attached hydrogen (secondary N) is 2. The second kappa shape index (κ2) is 8.07. The lowest BCUT2D eigenvalue weighted by molar-refractivity contribution is 0.0948. The van der Waals surface area contributed by atoms with Crippen LogP contribution in [0.2, 0.25) is 0 Å². The van der Waals surface area contributed by atoms with Crippen molar-refractivity contribution in [2.75, 3.05) is 38.2 Å². The third-order valence-corrected chi connectivity index (χ3v) is 3.31. The smallest absolute Gasteiger partial charge is 0.274 e. The van der Waals surface area contributed by atoms with Gasteiger partial charge in [0.1, 0.15) is 5.69 Å². The SMILES string of the molecule is CN(C)CCNC(=O)c1ccc(C(=O)Nc2ccccc2N)nc1. The Bertz CT molecular complexity index is 713. The second-order valence-corrected chi connectivity index (χ2v) is 5.53. The summed E-state index contributed by atoms with van der Waals surface area (Å²) in [4.78, 5) is 30.1. The number of aromatic nitrogens is 1. The zero-order chi connectivity index (χ0) is 17.5. The Morgan fingerprint density at radius 2 is 1.88 bits per heavy atom. The summed E-state index contributed by atoms with van der Waals surface area (Å²) in [5, 5.41) is 5.48. The number of likely N-dealkylation sites (N-methyl/N-ethyl adjacent to an activating group) is 1. The Morgan fingerprint density at radius 1 is 1.12 bits per heavy atom. The van der Waals surface area contributed by atoms with Crippen molar-refractivity contribution in [3.05, 3.63) is 53.9 Å². The molecule has 0 fully saturated rings. The van der Waals surface area contributed by atoms with Crippen LogP contribution < -0.4 is 16.4 Å². The fourth-order valence-electron chi connectivity index (χ4n) is 1.95. The number of anilines is 2. The summed E-state index contributed by atoms with van der Waals surface area (Å²) < 4.78 is 0. The van der Waals surface area contributed by atoms with E-state index in [1.807, 2.05) is 19.0 Å². The standard InChI is InChI=1S/C17H21N5O2/c1-22(2)10-9-19-16(23)12-7-8-15(20-11-12)17(24)21-14-6-4-3-5-13(14)18/h3-8,11H,9-10,18H2,1-2H3,(H,19,23)(H,21,24). The van der Waals surface area contributed by atoms with Crippen molar-refractivity contribution in [1.29, 1.82) is 0 Å². The predicted molar refractivity (Wildman–Crippen MR) is 93.9 cm³/mol. The van der Waals surface area contributed by atoms with Gasteiger partial charge in [0.15, 0.2) is 0 Å². The molecule has 0 aliphatic rings. The van der Waals surface area contributed by atoms with Crippen LogP contribution in [0.1, 0.15) is 20.8 Å². The van der Waals surface area contributed by atoms with Crippen LogP contribution in [0.5, 0.6) is 0 Å². The number of carbonyl (C=O) groups excluding carboxylic acids is 2. The van der Waals surface area contributed by atoms with Crippen molar-refractivity contribution < 1.29 is 9.59 Å². The number of pyridine rings is 1. The van der Waals surface area contributed by atoms with Gasteiger partial charge in [-0.2, -0.15) is 0 Å². The van der Waals surface area contributed by atoms with E-state index in [0.717, 1.165) is 6.54 Å². The fourth-order valence-corrected chi connectivity index (χ4v) is 1.95. The maximum atomic E-state index is 12.2. The number of amides is 2.